The molecule has 1 aliphatic heterocycles. The third-order valence-corrected chi connectivity index (χ3v) is 2.87. The highest BCUT2D eigenvalue weighted by atomic mass is 19.2. The topological polar surface area (TPSA) is 29.3 Å². The van der Waals surface area contributed by atoms with Crippen LogP contribution in [0.5, 0.6) is 0 Å². The SMILES string of the molecule is NN1CCCC(c2ccc(F)c(F)c2)C1. The second-order valence-electron chi connectivity index (χ2n) is 4.01. The third kappa shape index (κ3) is 2.33. The number of halogens is 2. The third-order valence-electron chi connectivity index (χ3n) is 2.87. The van der Waals surface area contributed by atoms with E-state index in [9.17, 15) is 8.78 Å². The molecule has 1 saturated heterocycles. The van der Waals surface area contributed by atoms with Crippen LogP contribution in [0.3, 0.4) is 0 Å². The zero-order valence-corrected chi connectivity index (χ0v) is 8.42. The lowest BCUT2D eigenvalue weighted by molar-refractivity contribution is 0.212. The van der Waals surface area contributed by atoms with Crippen molar-refractivity contribution in [3.63, 3.8) is 0 Å². The molecule has 4 heteroatoms. The lowest BCUT2D eigenvalue weighted by Gasteiger charge is -2.29. The van der Waals surface area contributed by atoms with Gasteiger partial charge in [-0.2, -0.15) is 0 Å². The zero-order valence-electron chi connectivity index (χ0n) is 8.42. The van der Waals surface area contributed by atoms with E-state index in [0.717, 1.165) is 24.9 Å². The van der Waals surface area contributed by atoms with E-state index in [1.54, 1.807) is 11.1 Å². The lowest BCUT2D eigenvalue weighted by atomic mass is 9.91. The van der Waals surface area contributed by atoms with Gasteiger partial charge in [0, 0.05) is 13.1 Å². The smallest absolute Gasteiger partial charge is 0.159 e. The van der Waals surface area contributed by atoms with E-state index in [2.05, 4.69) is 0 Å². The van der Waals surface area contributed by atoms with Crippen LogP contribution in [0.1, 0.15) is 24.3 Å². The summed E-state index contributed by atoms with van der Waals surface area (Å²) in [6.45, 7) is 1.59. The Morgan fingerprint density at radius 2 is 2.07 bits per heavy atom. The quantitative estimate of drug-likeness (QED) is 0.721. The summed E-state index contributed by atoms with van der Waals surface area (Å²) in [5.74, 6) is 4.35. The minimum atomic E-state index is -0.792. The molecular weight excluding hydrogens is 198 g/mol. The van der Waals surface area contributed by atoms with Gasteiger partial charge in [-0.1, -0.05) is 6.07 Å². The molecule has 1 aliphatic rings. The number of nitrogens with zero attached hydrogens (tertiary/aromatic N) is 1. The summed E-state index contributed by atoms with van der Waals surface area (Å²) in [6.07, 6.45) is 1.99. The largest absolute Gasteiger partial charge is 0.269 e. The molecule has 0 saturated carbocycles. The highest BCUT2D eigenvalue weighted by Crippen LogP contribution is 2.26. The van der Waals surface area contributed by atoms with Gasteiger partial charge in [0.05, 0.1) is 0 Å². The molecule has 0 aromatic heterocycles. The molecule has 1 unspecified atom stereocenters. The first-order valence-corrected chi connectivity index (χ1v) is 5.11. The van der Waals surface area contributed by atoms with Gasteiger partial charge >= 0.3 is 0 Å². The van der Waals surface area contributed by atoms with E-state index in [-0.39, 0.29) is 5.92 Å². The summed E-state index contributed by atoms with van der Waals surface area (Å²) in [5, 5.41) is 1.73. The van der Waals surface area contributed by atoms with Gasteiger partial charge in [0.1, 0.15) is 0 Å². The van der Waals surface area contributed by atoms with Gasteiger partial charge < -0.3 is 0 Å². The number of rotatable bonds is 1. The van der Waals surface area contributed by atoms with Gasteiger partial charge in [-0.15, -0.1) is 0 Å². The van der Waals surface area contributed by atoms with Crippen LogP contribution < -0.4 is 5.84 Å². The minimum Gasteiger partial charge on any atom is -0.269 e. The van der Waals surface area contributed by atoms with Crippen molar-refractivity contribution in [2.24, 2.45) is 5.84 Å². The van der Waals surface area contributed by atoms with E-state index in [1.807, 2.05) is 0 Å². The maximum Gasteiger partial charge on any atom is 0.159 e. The zero-order chi connectivity index (χ0) is 10.8. The van der Waals surface area contributed by atoms with Gasteiger partial charge in [-0.05, 0) is 36.5 Å². The molecular formula is C11H14F2N2. The number of benzene rings is 1. The predicted octanol–water partition coefficient (Wildman–Crippen LogP) is 2.02. The molecule has 1 atom stereocenters. The maximum absolute atomic E-state index is 13.0. The number of hydrogen-bond donors (Lipinski definition) is 1. The molecule has 1 fully saturated rings. The second-order valence-corrected chi connectivity index (χ2v) is 4.01. The summed E-state index contributed by atoms with van der Waals surface area (Å²) in [7, 11) is 0. The Morgan fingerprint density at radius 1 is 1.27 bits per heavy atom. The monoisotopic (exact) mass is 212 g/mol. The fourth-order valence-electron chi connectivity index (χ4n) is 2.04. The first kappa shape index (κ1) is 10.5. The molecule has 0 amide bonds. The van der Waals surface area contributed by atoms with Gasteiger partial charge in [-0.25, -0.2) is 13.8 Å². The van der Waals surface area contributed by atoms with Crippen LogP contribution in [0, 0.1) is 11.6 Å². The maximum atomic E-state index is 13.0. The van der Waals surface area contributed by atoms with E-state index in [0.29, 0.717) is 6.54 Å². The van der Waals surface area contributed by atoms with Crippen molar-refractivity contribution >= 4 is 0 Å². The minimum absolute atomic E-state index is 0.221. The molecule has 0 radical (unpaired) electrons. The summed E-state index contributed by atoms with van der Waals surface area (Å²) in [6, 6.07) is 4.10. The lowest BCUT2D eigenvalue weighted by Crippen LogP contribution is -2.39. The second kappa shape index (κ2) is 4.24. The van der Waals surface area contributed by atoms with Crippen LogP contribution in [0.25, 0.3) is 0 Å². The Labute approximate surface area is 87.7 Å². The Kier molecular flexibility index (Phi) is 2.98. The van der Waals surface area contributed by atoms with Crippen LogP contribution in [0.4, 0.5) is 8.78 Å². The van der Waals surface area contributed by atoms with E-state index in [4.69, 9.17) is 5.84 Å². The van der Waals surface area contributed by atoms with Crippen LogP contribution >= 0.6 is 0 Å². The van der Waals surface area contributed by atoms with Crippen molar-refractivity contribution in [3.05, 3.63) is 35.4 Å². The highest BCUT2D eigenvalue weighted by molar-refractivity contribution is 5.22. The summed E-state index contributed by atoms with van der Waals surface area (Å²) in [4.78, 5) is 0. The average Bonchev–Trinajstić information content (AvgIpc) is 2.22. The fraction of sp³-hybridized carbons (Fsp3) is 0.455. The molecule has 2 rings (SSSR count). The van der Waals surface area contributed by atoms with Gasteiger partial charge in [0.25, 0.3) is 0 Å². The van der Waals surface area contributed by atoms with Crippen LogP contribution in [-0.4, -0.2) is 18.1 Å². The predicted molar refractivity (Wildman–Crippen MR) is 54.1 cm³/mol. The summed E-state index contributed by atoms with van der Waals surface area (Å²) >= 11 is 0. The van der Waals surface area contributed by atoms with Crippen molar-refractivity contribution < 1.29 is 8.78 Å². The van der Waals surface area contributed by atoms with Crippen molar-refractivity contribution in [2.45, 2.75) is 18.8 Å². The molecule has 0 bridgehead atoms. The number of hydrazine groups is 1. The molecule has 1 aromatic rings. The van der Waals surface area contributed by atoms with E-state index < -0.39 is 11.6 Å². The number of nitrogens with two attached hydrogens (primary N) is 1. The first-order chi connectivity index (χ1) is 7.16. The normalized spacial score (nSPS) is 23.0. The van der Waals surface area contributed by atoms with E-state index in [1.165, 1.54) is 12.1 Å². The molecule has 2 nitrogen and oxygen atoms in total. The Morgan fingerprint density at radius 3 is 2.73 bits per heavy atom. The van der Waals surface area contributed by atoms with Crippen LogP contribution in [0.2, 0.25) is 0 Å². The summed E-state index contributed by atoms with van der Waals surface area (Å²) < 4.78 is 25.7. The van der Waals surface area contributed by atoms with Gasteiger partial charge in [0.15, 0.2) is 11.6 Å². The molecule has 15 heavy (non-hydrogen) atoms. The molecule has 0 spiro atoms. The molecule has 0 aliphatic carbocycles. The number of hydrogen-bond acceptors (Lipinski definition) is 2. The van der Waals surface area contributed by atoms with Crippen LogP contribution in [-0.2, 0) is 0 Å². The Hall–Kier alpha value is -1.00. The standard InChI is InChI=1S/C11H14F2N2/c12-10-4-3-8(6-11(10)13)9-2-1-5-15(14)7-9/h3-4,6,9H,1-2,5,7,14H2. The van der Waals surface area contributed by atoms with Gasteiger partial charge in [0.2, 0.25) is 0 Å². The van der Waals surface area contributed by atoms with Crippen LogP contribution in [0.15, 0.2) is 18.2 Å². The van der Waals surface area contributed by atoms with Crippen molar-refractivity contribution in [1.29, 1.82) is 0 Å². The van der Waals surface area contributed by atoms with Crippen molar-refractivity contribution in [1.82, 2.24) is 5.01 Å². The number of piperidine rings is 1. The molecule has 1 aromatic carbocycles. The van der Waals surface area contributed by atoms with Gasteiger partial charge in [-0.3, -0.25) is 5.84 Å². The van der Waals surface area contributed by atoms with E-state index >= 15 is 0 Å². The average molecular weight is 212 g/mol. The first-order valence-electron chi connectivity index (χ1n) is 5.11. The Bertz CT molecular complexity index is 354. The molecule has 2 N–H and O–H groups in total. The van der Waals surface area contributed by atoms with Crippen molar-refractivity contribution in [2.75, 3.05) is 13.1 Å². The Balaban J connectivity index is 2.18. The summed E-state index contributed by atoms with van der Waals surface area (Å²) in [5.41, 5.74) is 0.837. The molecule has 1 heterocycles. The van der Waals surface area contributed by atoms with Crippen molar-refractivity contribution in [3.8, 4) is 0 Å². The highest BCUT2D eigenvalue weighted by Gasteiger charge is 2.20. The fourth-order valence-corrected chi connectivity index (χ4v) is 2.04. The molecule has 82 valence electrons.